The van der Waals surface area contributed by atoms with E-state index in [0.29, 0.717) is 18.1 Å². The summed E-state index contributed by atoms with van der Waals surface area (Å²) in [5, 5.41) is 12.3. The summed E-state index contributed by atoms with van der Waals surface area (Å²) in [6.45, 7) is 12.7. The Hall–Kier alpha value is -0.120. The zero-order chi connectivity index (χ0) is 14.0. The standard InChI is InChI=1S/C15H34N2O/c1-6-15(4,12-16-14(2)3)13-17(5)10-8-7-9-11-18/h14,16,18H,6-13H2,1-5H3. The Balaban J connectivity index is 3.93. The summed E-state index contributed by atoms with van der Waals surface area (Å²) in [6.07, 6.45) is 4.46. The molecule has 0 aliphatic heterocycles. The highest BCUT2D eigenvalue weighted by atomic mass is 16.2. The van der Waals surface area contributed by atoms with Gasteiger partial charge in [-0.3, -0.25) is 0 Å². The molecular formula is C15H34N2O. The summed E-state index contributed by atoms with van der Waals surface area (Å²) >= 11 is 0. The summed E-state index contributed by atoms with van der Waals surface area (Å²) in [4.78, 5) is 2.43. The summed E-state index contributed by atoms with van der Waals surface area (Å²) in [6, 6.07) is 0.561. The normalized spacial score (nSPS) is 15.3. The number of nitrogens with zero attached hydrogens (tertiary/aromatic N) is 1. The Labute approximate surface area is 114 Å². The molecule has 1 unspecified atom stereocenters. The van der Waals surface area contributed by atoms with Crippen LogP contribution in [0.1, 0.15) is 53.4 Å². The third-order valence-corrected chi connectivity index (χ3v) is 3.64. The van der Waals surface area contributed by atoms with Gasteiger partial charge in [-0.1, -0.05) is 27.7 Å². The van der Waals surface area contributed by atoms with Gasteiger partial charge >= 0.3 is 0 Å². The molecule has 0 aliphatic rings. The summed E-state index contributed by atoms with van der Waals surface area (Å²) in [5.74, 6) is 0. The van der Waals surface area contributed by atoms with Crippen LogP contribution in [0.5, 0.6) is 0 Å². The van der Waals surface area contributed by atoms with Crippen molar-refractivity contribution < 1.29 is 5.11 Å². The van der Waals surface area contributed by atoms with Crippen LogP contribution < -0.4 is 5.32 Å². The maximum atomic E-state index is 8.76. The van der Waals surface area contributed by atoms with E-state index in [4.69, 9.17) is 5.11 Å². The number of nitrogens with one attached hydrogen (secondary N) is 1. The van der Waals surface area contributed by atoms with Gasteiger partial charge in [-0.15, -0.1) is 0 Å². The molecule has 0 heterocycles. The first-order valence-electron chi connectivity index (χ1n) is 7.46. The van der Waals surface area contributed by atoms with E-state index in [2.05, 4.69) is 45.0 Å². The van der Waals surface area contributed by atoms with Crippen molar-refractivity contribution in [3.63, 3.8) is 0 Å². The van der Waals surface area contributed by atoms with Crippen molar-refractivity contribution in [3.8, 4) is 0 Å². The van der Waals surface area contributed by atoms with Gasteiger partial charge in [0.2, 0.25) is 0 Å². The predicted molar refractivity (Wildman–Crippen MR) is 80.0 cm³/mol. The number of hydrogen-bond acceptors (Lipinski definition) is 3. The molecule has 110 valence electrons. The number of hydrogen-bond donors (Lipinski definition) is 2. The minimum absolute atomic E-state index is 0.328. The van der Waals surface area contributed by atoms with Crippen LogP contribution in [-0.4, -0.2) is 49.3 Å². The average molecular weight is 258 g/mol. The highest BCUT2D eigenvalue weighted by Crippen LogP contribution is 2.21. The summed E-state index contributed by atoms with van der Waals surface area (Å²) < 4.78 is 0. The predicted octanol–water partition coefficient (Wildman–Crippen LogP) is 2.50. The molecule has 0 bridgehead atoms. The van der Waals surface area contributed by atoms with Crippen LogP contribution in [-0.2, 0) is 0 Å². The lowest BCUT2D eigenvalue weighted by Gasteiger charge is -2.34. The molecule has 0 saturated carbocycles. The lowest BCUT2D eigenvalue weighted by Crippen LogP contribution is -2.42. The van der Waals surface area contributed by atoms with Crippen molar-refractivity contribution in [1.82, 2.24) is 10.2 Å². The molecule has 0 aromatic rings. The van der Waals surface area contributed by atoms with Crippen LogP contribution in [0.3, 0.4) is 0 Å². The molecule has 18 heavy (non-hydrogen) atoms. The molecule has 1 atom stereocenters. The van der Waals surface area contributed by atoms with Crippen LogP contribution in [0.4, 0.5) is 0 Å². The Morgan fingerprint density at radius 2 is 1.89 bits per heavy atom. The Kier molecular flexibility index (Phi) is 9.70. The highest BCUT2D eigenvalue weighted by molar-refractivity contribution is 4.79. The molecule has 0 aromatic carbocycles. The van der Waals surface area contributed by atoms with Gasteiger partial charge < -0.3 is 15.3 Å². The van der Waals surface area contributed by atoms with Crippen LogP contribution in [0.15, 0.2) is 0 Å². The van der Waals surface area contributed by atoms with Gasteiger partial charge in [0.15, 0.2) is 0 Å². The van der Waals surface area contributed by atoms with Crippen LogP contribution in [0.2, 0.25) is 0 Å². The summed E-state index contributed by atoms with van der Waals surface area (Å²) in [5.41, 5.74) is 0.357. The zero-order valence-corrected chi connectivity index (χ0v) is 13.1. The van der Waals surface area contributed by atoms with Crippen molar-refractivity contribution >= 4 is 0 Å². The maximum absolute atomic E-state index is 8.76. The van der Waals surface area contributed by atoms with E-state index in [1.807, 2.05) is 0 Å². The van der Waals surface area contributed by atoms with Gasteiger partial charge in [0, 0.05) is 25.7 Å². The number of unbranched alkanes of at least 4 members (excludes halogenated alkanes) is 2. The maximum Gasteiger partial charge on any atom is 0.0431 e. The van der Waals surface area contributed by atoms with Crippen molar-refractivity contribution in [1.29, 1.82) is 0 Å². The number of aliphatic hydroxyl groups excluding tert-OH is 1. The molecule has 0 aromatic heterocycles. The topological polar surface area (TPSA) is 35.5 Å². The first-order chi connectivity index (χ1) is 8.43. The lowest BCUT2D eigenvalue weighted by atomic mass is 9.86. The first kappa shape index (κ1) is 17.9. The molecule has 0 amide bonds. The van der Waals surface area contributed by atoms with E-state index >= 15 is 0 Å². The second-order valence-corrected chi connectivity index (χ2v) is 6.22. The number of aliphatic hydroxyl groups is 1. The third kappa shape index (κ3) is 8.90. The summed E-state index contributed by atoms with van der Waals surface area (Å²) in [7, 11) is 2.21. The van der Waals surface area contributed by atoms with Gasteiger partial charge in [0.25, 0.3) is 0 Å². The van der Waals surface area contributed by atoms with Gasteiger partial charge in [-0.05, 0) is 44.7 Å². The molecule has 3 heteroatoms. The quantitative estimate of drug-likeness (QED) is 0.559. The van der Waals surface area contributed by atoms with Crippen molar-refractivity contribution in [2.75, 3.05) is 33.3 Å². The Morgan fingerprint density at radius 3 is 2.39 bits per heavy atom. The molecular weight excluding hydrogens is 224 g/mol. The van der Waals surface area contributed by atoms with Crippen LogP contribution in [0, 0.1) is 5.41 Å². The second kappa shape index (κ2) is 9.76. The molecule has 0 aliphatic carbocycles. The van der Waals surface area contributed by atoms with Crippen molar-refractivity contribution in [3.05, 3.63) is 0 Å². The second-order valence-electron chi connectivity index (χ2n) is 6.22. The van der Waals surface area contributed by atoms with E-state index in [9.17, 15) is 0 Å². The van der Waals surface area contributed by atoms with Crippen molar-refractivity contribution in [2.45, 2.75) is 59.4 Å². The van der Waals surface area contributed by atoms with Crippen LogP contribution >= 0.6 is 0 Å². The van der Waals surface area contributed by atoms with Crippen LogP contribution in [0.25, 0.3) is 0 Å². The molecule has 0 saturated heterocycles. The van der Waals surface area contributed by atoms with E-state index < -0.39 is 0 Å². The molecule has 0 rings (SSSR count). The fourth-order valence-electron chi connectivity index (χ4n) is 2.14. The Morgan fingerprint density at radius 1 is 1.22 bits per heavy atom. The third-order valence-electron chi connectivity index (χ3n) is 3.64. The van der Waals surface area contributed by atoms with E-state index in [-0.39, 0.29) is 0 Å². The van der Waals surface area contributed by atoms with Gasteiger partial charge in [0.1, 0.15) is 0 Å². The van der Waals surface area contributed by atoms with E-state index in [0.717, 1.165) is 32.5 Å². The monoisotopic (exact) mass is 258 g/mol. The minimum atomic E-state index is 0.328. The molecule has 0 spiro atoms. The van der Waals surface area contributed by atoms with E-state index in [1.165, 1.54) is 12.8 Å². The highest BCUT2D eigenvalue weighted by Gasteiger charge is 2.23. The average Bonchev–Trinajstić information content (AvgIpc) is 2.32. The fourth-order valence-corrected chi connectivity index (χ4v) is 2.14. The van der Waals surface area contributed by atoms with Gasteiger partial charge in [0.05, 0.1) is 0 Å². The lowest BCUT2D eigenvalue weighted by molar-refractivity contribution is 0.173. The largest absolute Gasteiger partial charge is 0.396 e. The fraction of sp³-hybridized carbons (Fsp3) is 1.00. The first-order valence-corrected chi connectivity index (χ1v) is 7.46. The van der Waals surface area contributed by atoms with E-state index in [1.54, 1.807) is 0 Å². The van der Waals surface area contributed by atoms with Crippen molar-refractivity contribution in [2.24, 2.45) is 5.41 Å². The molecule has 2 N–H and O–H groups in total. The smallest absolute Gasteiger partial charge is 0.0431 e. The molecule has 3 nitrogen and oxygen atoms in total. The van der Waals surface area contributed by atoms with Gasteiger partial charge in [-0.25, -0.2) is 0 Å². The number of rotatable bonds is 11. The van der Waals surface area contributed by atoms with Gasteiger partial charge in [-0.2, -0.15) is 0 Å². The molecule has 0 fully saturated rings. The Bertz CT molecular complexity index is 197. The SMILES string of the molecule is CCC(C)(CNC(C)C)CN(C)CCCCCO. The zero-order valence-electron chi connectivity index (χ0n) is 13.1. The molecule has 0 radical (unpaired) electrons. The minimum Gasteiger partial charge on any atom is -0.396 e.